The minimum Gasteiger partial charge on any atom is -0.477 e. The highest BCUT2D eigenvalue weighted by atomic mass is 16.5. The van der Waals surface area contributed by atoms with Crippen molar-refractivity contribution < 1.29 is 18.8 Å². The number of carbonyl (C=O) groups excluding carboxylic acids is 1. The van der Waals surface area contributed by atoms with Crippen LogP contribution >= 0.6 is 0 Å². The molecule has 4 aromatic rings. The highest BCUT2D eigenvalue weighted by Gasteiger charge is 2.17. The molecule has 0 amide bonds. The van der Waals surface area contributed by atoms with Crippen LogP contribution in [0, 0.1) is 6.92 Å². The molecule has 1 N–H and O–H groups in total. The lowest BCUT2D eigenvalue weighted by Crippen LogP contribution is -2.11. The summed E-state index contributed by atoms with van der Waals surface area (Å²) in [5, 5.41) is 3.85. The van der Waals surface area contributed by atoms with Crippen LogP contribution in [0.1, 0.15) is 62.2 Å². The Bertz CT molecular complexity index is 1440. The predicted molar refractivity (Wildman–Crippen MR) is 148 cm³/mol. The molecule has 204 valence electrons. The van der Waals surface area contributed by atoms with Crippen LogP contribution in [0.4, 0.5) is 0 Å². The molecule has 2 aromatic heterocycles. The van der Waals surface area contributed by atoms with E-state index in [0.717, 1.165) is 52.8 Å². The molecule has 0 aliphatic heterocycles. The second kappa shape index (κ2) is 13.5. The van der Waals surface area contributed by atoms with Crippen LogP contribution in [-0.2, 0) is 22.4 Å². The van der Waals surface area contributed by atoms with Gasteiger partial charge >= 0.3 is 11.7 Å². The van der Waals surface area contributed by atoms with Gasteiger partial charge in [0.25, 0.3) is 0 Å². The molecule has 4 rings (SSSR count). The molecule has 0 aliphatic carbocycles. The van der Waals surface area contributed by atoms with Gasteiger partial charge in [-0.2, -0.15) is 4.98 Å². The molecule has 39 heavy (non-hydrogen) atoms. The van der Waals surface area contributed by atoms with Crippen molar-refractivity contribution in [3.8, 4) is 28.4 Å². The van der Waals surface area contributed by atoms with Crippen LogP contribution in [0.25, 0.3) is 22.5 Å². The number of nitrogens with zero attached hydrogens (tertiary/aromatic N) is 3. The number of rotatable bonds is 13. The molecule has 0 atom stereocenters. The lowest BCUT2D eigenvalue weighted by molar-refractivity contribution is -0.143. The van der Waals surface area contributed by atoms with Crippen LogP contribution in [0.3, 0.4) is 0 Å². The summed E-state index contributed by atoms with van der Waals surface area (Å²) in [6.07, 6.45) is 4.40. The van der Waals surface area contributed by atoms with Gasteiger partial charge in [0.15, 0.2) is 5.82 Å². The van der Waals surface area contributed by atoms with Gasteiger partial charge in [0.1, 0.15) is 5.82 Å². The number of aromatic nitrogens is 4. The van der Waals surface area contributed by atoms with E-state index in [1.807, 2.05) is 43.3 Å². The SMILES string of the molecule is CCCCc1nc(C)nc(OCCCC(=O)OCC)c1Cc1ccc(-c2ccccc2-c2noc(=O)[nH]2)cc1. The number of hydrogen-bond acceptors (Lipinski definition) is 8. The maximum Gasteiger partial charge on any atom is 0.439 e. The zero-order valence-corrected chi connectivity index (χ0v) is 22.7. The van der Waals surface area contributed by atoms with Gasteiger partial charge in [0, 0.05) is 24.0 Å². The molecular weight excluding hydrogens is 496 g/mol. The van der Waals surface area contributed by atoms with Gasteiger partial charge < -0.3 is 9.47 Å². The first-order valence-electron chi connectivity index (χ1n) is 13.4. The monoisotopic (exact) mass is 530 g/mol. The maximum atomic E-state index is 11.7. The summed E-state index contributed by atoms with van der Waals surface area (Å²) in [7, 11) is 0. The molecule has 9 heteroatoms. The number of nitrogens with one attached hydrogen (secondary N) is 1. The summed E-state index contributed by atoms with van der Waals surface area (Å²) < 4.78 is 15.8. The molecule has 0 aliphatic rings. The summed E-state index contributed by atoms with van der Waals surface area (Å²) >= 11 is 0. The lowest BCUT2D eigenvalue weighted by atomic mass is 9.96. The van der Waals surface area contributed by atoms with Crippen molar-refractivity contribution >= 4 is 5.97 Å². The van der Waals surface area contributed by atoms with Gasteiger partial charge in [-0.3, -0.25) is 14.3 Å². The molecule has 0 bridgehead atoms. The zero-order chi connectivity index (χ0) is 27.6. The van der Waals surface area contributed by atoms with E-state index in [1.165, 1.54) is 0 Å². The summed E-state index contributed by atoms with van der Waals surface area (Å²) in [6.45, 7) is 6.58. The molecule has 0 saturated carbocycles. The van der Waals surface area contributed by atoms with Crippen molar-refractivity contribution in [2.24, 2.45) is 0 Å². The van der Waals surface area contributed by atoms with Crippen molar-refractivity contribution in [3.05, 3.63) is 81.7 Å². The normalized spacial score (nSPS) is 10.9. The Kier molecular flexibility index (Phi) is 9.61. The highest BCUT2D eigenvalue weighted by molar-refractivity contribution is 5.80. The third kappa shape index (κ3) is 7.40. The summed E-state index contributed by atoms with van der Waals surface area (Å²) in [6, 6.07) is 16.0. The first-order chi connectivity index (χ1) is 19.0. The fraction of sp³-hybridized carbons (Fsp3) is 0.367. The first kappa shape index (κ1) is 27.8. The van der Waals surface area contributed by atoms with Crippen LogP contribution < -0.4 is 10.5 Å². The Morgan fingerprint density at radius 2 is 1.77 bits per heavy atom. The van der Waals surface area contributed by atoms with Gasteiger partial charge in [0.2, 0.25) is 5.88 Å². The third-order valence-electron chi connectivity index (χ3n) is 6.27. The average molecular weight is 531 g/mol. The predicted octanol–water partition coefficient (Wildman–Crippen LogP) is 5.45. The number of hydrogen-bond donors (Lipinski definition) is 1. The van der Waals surface area contributed by atoms with Crippen molar-refractivity contribution in [1.29, 1.82) is 0 Å². The Balaban J connectivity index is 1.57. The molecule has 0 radical (unpaired) electrons. The molecular formula is C30H34N4O5. The lowest BCUT2D eigenvalue weighted by Gasteiger charge is -2.16. The van der Waals surface area contributed by atoms with E-state index in [9.17, 15) is 9.59 Å². The number of aromatic amines is 1. The number of benzene rings is 2. The second-order valence-corrected chi connectivity index (χ2v) is 9.22. The number of aryl methyl sites for hydroxylation is 2. The quantitative estimate of drug-likeness (QED) is 0.179. The standard InChI is InChI=1S/C30H34N4O5/c1-4-6-12-26-25(29(32-20(3)31-26)38-18-9-13-27(35)37-5-2)19-21-14-16-22(17-15-21)23-10-7-8-11-24(23)28-33-30(36)39-34-28/h7-8,10-11,14-17H,4-6,9,12-13,18-19H2,1-3H3,(H,33,34,36). The van der Waals surface area contributed by atoms with E-state index in [2.05, 4.69) is 34.2 Å². The Hall–Kier alpha value is -4.27. The van der Waals surface area contributed by atoms with Crippen LogP contribution in [0.5, 0.6) is 5.88 Å². The second-order valence-electron chi connectivity index (χ2n) is 9.22. The average Bonchev–Trinajstić information content (AvgIpc) is 3.38. The van der Waals surface area contributed by atoms with Gasteiger partial charge in [-0.05, 0) is 49.8 Å². The largest absolute Gasteiger partial charge is 0.477 e. The fourth-order valence-corrected chi connectivity index (χ4v) is 4.39. The van der Waals surface area contributed by atoms with E-state index in [0.29, 0.717) is 50.0 Å². The van der Waals surface area contributed by atoms with Crippen LogP contribution in [0.15, 0.2) is 57.8 Å². The molecule has 9 nitrogen and oxygen atoms in total. The number of H-pyrrole nitrogens is 1. The third-order valence-corrected chi connectivity index (χ3v) is 6.27. The van der Waals surface area contributed by atoms with Gasteiger partial charge in [-0.15, -0.1) is 0 Å². The highest BCUT2D eigenvalue weighted by Crippen LogP contribution is 2.31. The van der Waals surface area contributed by atoms with E-state index in [-0.39, 0.29) is 5.97 Å². The maximum absolute atomic E-state index is 11.7. The minimum absolute atomic E-state index is 0.222. The van der Waals surface area contributed by atoms with Gasteiger partial charge in [-0.1, -0.05) is 67.0 Å². The van der Waals surface area contributed by atoms with E-state index in [4.69, 9.17) is 19.0 Å². The molecule has 0 unspecified atom stereocenters. The van der Waals surface area contributed by atoms with Crippen molar-refractivity contribution in [1.82, 2.24) is 20.1 Å². The number of ether oxygens (including phenoxy) is 2. The molecule has 0 saturated heterocycles. The number of unbranched alkanes of at least 4 members (excludes halogenated alkanes) is 1. The fourth-order valence-electron chi connectivity index (χ4n) is 4.39. The summed E-state index contributed by atoms with van der Waals surface area (Å²) in [5.74, 6) is 0.820. The molecule has 2 aromatic carbocycles. The molecule has 2 heterocycles. The summed E-state index contributed by atoms with van der Waals surface area (Å²) in [4.78, 5) is 35.2. The number of esters is 1. The van der Waals surface area contributed by atoms with E-state index < -0.39 is 5.76 Å². The first-order valence-corrected chi connectivity index (χ1v) is 13.4. The Morgan fingerprint density at radius 3 is 2.46 bits per heavy atom. The van der Waals surface area contributed by atoms with Crippen molar-refractivity contribution in [3.63, 3.8) is 0 Å². The van der Waals surface area contributed by atoms with Crippen molar-refractivity contribution in [2.75, 3.05) is 13.2 Å². The Morgan fingerprint density at radius 1 is 1.00 bits per heavy atom. The number of carbonyl (C=O) groups is 1. The van der Waals surface area contributed by atoms with E-state index in [1.54, 1.807) is 6.92 Å². The van der Waals surface area contributed by atoms with Crippen LogP contribution in [-0.4, -0.2) is 39.3 Å². The Labute approximate surface area is 227 Å². The molecule has 0 spiro atoms. The summed E-state index contributed by atoms with van der Waals surface area (Å²) in [5.41, 5.74) is 5.75. The van der Waals surface area contributed by atoms with Gasteiger partial charge in [-0.25, -0.2) is 9.78 Å². The van der Waals surface area contributed by atoms with Crippen LogP contribution in [0.2, 0.25) is 0 Å². The van der Waals surface area contributed by atoms with Gasteiger partial charge in [0.05, 0.1) is 18.9 Å². The molecule has 0 fully saturated rings. The smallest absolute Gasteiger partial charge is 0.439 e. The zero-order valence-electron chi connectivity index (χ0n) is 22.7. The minimum atomic E-state index is -0.590. The topological polar surface area (TPSA) is 120 Å². The van der Waals surface area contributed by atoms with E-state index >= 15 is 0 Å². The van der Waals surface area contributed by atoms with Crippen molar-refractivity contribution in [2.45, 2.75) is 59.3 Å².